The van der Waals surface area contributed by atoms with Gasteiger partial charge in [0.1, 0.15) is 0 Å². The smallest absolute Gasteiger partial charge is 0.0654 e. The zero-order valence-electron chi connectivity index (χ0n) is 8.40. The summed E-state index contributed by atoms with van der Waals surface area (Å²) in [6.07, 6.45) is 5.98. The van der Waals surface area contributed by atoms with Gasteiger partial charge < -0.3 is 4.74 Å². The van der Waals surface area contributed by atoms with Crippen molar-refractivity contribution in [2.75, 3.05) is 6.61 Å². The molecule has 0 unspecified atom stereocenters. The van der Waals surface area contributed by atoms with Crippen molar-refractivity contribution in [1.29, 1.82) is 0 Å². The summed E-state index contributed by atoms with van der Waals surface area (Å²) >= 11 is 3.34. The summed E-state index contributed by atoms with van der Waals surface area (Å²) in [6.45, 7) is 4.67. The molecule has 0 aliphatic carbocycles. The van der Waals surface area contributed by atoms with Gasteiger partial charge in [-0.1, -0.05) is 6.08 Å². The number of pyridine rings is 1. The Balaban J connectivity index is 2.40. The van der Waals surface area contributed by atoms with Crippen molar-refractivity contribution in [3.63, 3.8) is 0 Å². The van der Waals surface area contributed by atoms with Gasteiger partial charge in [-0.25, -0.2) is 0 Å². The lowest BCUT2D eigenvalue weighted by molar-refractivity contribution is 0.103. The SMILES string of the molecule is CC(C)OCC=Cc1ccc(Br)cn1. The monoisotopic (exact) mass is 255 g/mol. The first kappa shape index (κ1) is 11.4. The number of halogens is 1. The fourth-order valence-electron chi connectivity index (χ4n) is 0.903. The number of rotatable bonds is 4. The standard InChI is InChI=1S/C11H14BrNO/c1-9(2)14-7-3-4-11-6-5-10(12)8-13-11/h3-6,8-9H,7H2,1-2H3. The molecule has 1 heterocycles. The first-order valence-corrected chi connectivity index (χ1v) is 5.37. The molecule has 0 spiro atoms. The van der Waals surface area contributed by atoms with Gasteiger partial charge in [-0.3, -0.25) is 4.98 Å². The van der Waals surface area contributed by atoms with Crippen LogP contribution in [0.1, 0.15) is 19.5 Å². The minimum atomic E-state index is 0.275. The molecule has 3 heteroatoms. The number of aromatic nitrogens is 1. The fourth-order valence-corrected chi connectivity index (χ4v) is 1.14. The normalized spacial score (nSPS) is 11.4. The Bertz CT molecular complexity index is 293. The Morgan fingerprint density at radius 1 is 1.50 bits per heavy atom. The third-order valence-electron chi connectivity index (χ3n) is 1.56. The number of ether oxygens (including phenoxy) is 1. The maximum atomic E-state index is 5.36. The van der Waals surface area contributed by atoms with Gasteiger partial charge in [0.05, 0.1) is 18.4 Å². The highest BCUT2D eigenvalue weighted by molar-refractivity contribution is 9.10. The molecule has 0 bridgehead atoms. The molecule has 76 valence electrons. The molecule has 1 rings (SSSR count). The van der Waals surface area contributed by atoms with E-state index in [0.717, 1.165) is 10.2 Å². The van der Waals surface area contributed by atoms with E-state index in [4.69, 9.17) is 4.74 Å². The van der Waals surface area contributed by atoms with Crippen LogP contribution in [0.5, 0.6) is 0 Å². The maximum Gasteiger partial charge on any atom is 0.0654 e. The summed E-state index contributed by atoms with van der Waals surface area (Å²) in [5.41, 5.74) is 0.945. The van der Waals surface area contributed by atoms with E-state index in [1.54, 1.807) is 6.20 Å². The first-order valence-electron chi connectivity index (χ1n) is 4.58. The van der Waals surface area contributed by atoms with Gasteiger partial charge in [0, 0.05) is 10.7 Å². The predicted octanol–water partition coefficient (Wildman–Crippen LogP) is 3.28. The lowest BCUT2D eigenvalue weighted by Gasteiger charge is -2.02. The molecular weight excluding hydrogens is 242 g/mol. The van der Waals surface area contributed by atoms with E-state index in [9.17, 15) is 0 Å². The van der Waals surface area contributed by atoms with Crippen LogP contribution in [0.3, 0.4) is 0 Å². The largest absolute Gasteiger partial charge is 0.375 e. The van der Waals surface area contributed by atoms with Gasteiger partial charge in [0.2, 0.25) is 0 Å². The quantitative estimate of drug-likeness (QED) is 0.824. The highest BCUT2D eigenvalue weighted by Gasteiger charge is 1.90. The Kier molecular flexibility index (Phi) is 4.84. The second-order valence-electron chi connectivity index (χ2n) is 3.19. The van der Waals surface area contributed by atoms with E-state index in [2.05, 4.69) is 20.9 Å². The van der Waals surface area contributed by atoms with E-state index in [1.807, 2.05) is 38.1 Å². The summed E-state index contributed by atoms with van der Waals surface area (Å²) in [6, 6.07) is 3.92. The molecule has 0 saturated carbocycles. The maximum absolute atomic E-state index is 5.36. The lowest BCUT2D eigenvalue weighted by atomic mass is 10.3. The molecule has 0 saturated heterocycles. The molecule has 0 radical (unpaired) electrons. The van der Waals surface area contributed by atoms with Gasteiger partial charge in [-0.2, -0.15) is 0 Å². The summed E-state index contributed by atoms with van der Waals surface area (Å²) in [5.74, 6) is 0. The molecule has 0 fully saturated rings. The molecule has 14 heavy (non-hydrogen) atoms. The Hall–Kier alpha value is -0.670. The van der Waals surface area contributed by atoms with Crippen molar-refractivity contribution >= 4 is 22.0 Å². The highest BCUT2D eigenvalue weighted by Crippen LogP contribution is 2.08. The molecular formula is C11H14BrNO. The van der Waals surface area contributed by atoms with Crippen molar-refractivity contribution in [3.05, 3.63) is 34.6 Å². The second kappa shape index (κ2) is 5.94. The number of nitrogens with zero attached hydrogens (tertiary/aromatic N) is 1. The number of hydrogen-bond acceptors (Lipinski definition) is 2. The first-order chi connectivity index (χ1) is 6.68. The van der Waals surface area contributed by atoms with Crippen molar-refractivity contribution in [2.24, 2.45) is 0 Å². The van der Waals surface area contributed by atoms with Crippen LogP contribution in [0.15, 0.2) is 28.9 Å². The summed E-state index contributed by atoms with van der Waals surface area (Å²) in [5, 5.41) is 0. The third-order valence-corrected chi connectivity index (χ3v) is 2.03. The van der Waals surface area contributed by atoms with Crippen LogP contribution < -0.4 is 0 Å². The molecule has 0 aliphatic heterocycles. The van der Waals surface area contributed by atoms with Crippen molar-refractivity contribution in [1.82, 2.24) is 4.98 Å². The van der Waals surface area contributed by atoms with Crippen LogP contribution in [-0.4, -0.2) is 17.7 Å². The molecule has 0 N–H and O–H groups in total. The van der Waals surface area contributed by atoms with Gasteiger partial charge in [0.15, 0.2) is 0 Å². The summed E-state index contributed by atoms with van der Waals surface area (Å²) < 4.78 is 6.36. The van der Waals surface area contributed by atoms with E-state index in [0.29, 0.717) is 6.61 Å². The van der Waals surface area contributed by atoms with Crippen molar-refractivity contribution < 1.29 is 4.74 Å². The van der Waals surface area contributed by atoms with Crippen LogP contribution in [0.25, 0.3) is 6.08 Å². The van der Waals surface area contributed by atoms with Gasteiger partial charge in [-0.05, 0) is 48.0 Å². The Morgan fingerprint density at radius 3 is 2.86 bits per heavy atom. The minimum absolute atomic E-state index is 0.275. The van der Waals surface area contributed by atoms with E-state index in [-0.39, 0.29) is 6.10 Å². The molecule has 1 aromatic heterocycles. The summed E-state index contributed by atoms with van der Waals surface area (Å²) in [7, 11) is 0. The van der Waals surface area contributed by atoms with E-state index >= 15 is 0 Å². The molecule has 2 nitrogen and oxygen atoms in total. The minimum Gasteiger partial charge on any atom is -0.375 e. The molecule has 0 aliphatic rings. The fraction of sp³-hybridized carbons (Fsp3) is 0.364. The van der Waals surface area contributed by atoms with Crippen LogP contribution in [0, 0.1) is 0 Å². The predicted molar refractivity (Wildman–Crippen MR) is 62.1 cm³/mol. The van der Waals surface area contributed by atoms with E-state index in [1.165, 1.54) is 0 Å². The second-order valence-corrected chi connectivity index (χ2v) is 4.10. The third kappa shape index (κ3) is 4.53. The molecule has 1 aromatic rings. The van der Waals surface area contributed by atoms with Crippen LogP contribution in [0.4, 0.5) is 0 Å². The van der Waals surface area contributed by atoms with Crippen LogP contribution >= 0.6 is 15.9 Å². The molecule has 0 amide bonds. The van der Waals surface area contributed by atoms with Crippen molar-refractivity contribution in [2.45, 2.75) is 20.0 Å². The van der Waals surface area contributed by atoms with Crippen LogP contribution in [0.2, 0.25) is 0 Å². The van der Waals surface area contributed by atoms with Gasteiger partial charge in [-0.15, -0.1) is 0 Å². The number of hydrogen-bond donors (Lipinski definition) is 0. The average Bonchev–Trinajstić information content (AvgIpc) is 2.15. The Labute approximate surface area is 93.1 Å². The average molecular weight is 256 g/mol. The summed E-state index contributed by atoms with van der Waals surface area (Å²) in [4.78, 5) is 4.21. The highest BCUT2D eigenvalue weighted by atomic mass is 79.9. The van der Waals surface area contributed by atoms with Gasteiger partial charge >= 0.3 is 0 Å². The molecule has 0 atom stereocenters. The lowest BCUT2D eigenvalue weighted by Crippen LogP contribution is -2.01. The van der Waals surface area contributed by atoms with Crippen LogP contribution in [-0.2, 0) is 4.74 Å². The van der Waals surface area contributed by atoms with Crippen molar-refractivity contribution in [3.8, 4) is 0 Å². The molecule has 0 aromatic carbocycles. The van der Waals surface area contributed by atoms with E-state index < -0.39 is 0 Å². The van der Waals surface area contributed by atoms with Gasteiger partial charge in [0.25, 0.3) is 0 Å². The zero-order valence-corrected chi connectivity index (χ0v) is 9.99. The zero-order chi connectivity index (χ0) is 10.4. The Morgan fingerprint density at radius 2 is 2.29 bits per heavy atom. The topological polar surface area (TPSA) is 22.1 Å².